The van der Waals surface area contributed by atoms with Crippen molar-refractivity contribution in [3.05, 3.63) is 54.1 Å². The molecule has 1 N–H and O–H groups in total. The average Bonchev–Trinajstić information content (AvgIpc) is 2.71. The normalized spacial score (nSPS) is 12.5. The van der Waals surface area contributed by atoms with Gasteiger partial charge in [0.25, 0.3) is 15.9 Å². The van der Waals surface area contributed by atoms with Crippen molar-refractivity contribution in [2.24, 2.45) is 5.92 Å². The largest absolute Gasteiger partial charge is 0.495 e. The highest BCUT2D eigenvalue weighted by Gasteiger charge is 2.24. The summed E-state index contributed by atoms with van der Waals surface area (Å²) in [5.74, 6) is 0.840. The number of amides is 1. The Bertz CT molecular complexity index is 924. The molecule has 1 amide bonds. The topological polar surface area (TPSA) is 75.7 Å². The summed E-state index contributed by atoms with van der Waals surface area (Å²) in [6.45, 7) is 6.27. The van der Waals surface area contributed by atoms with E-state index in [1.165, 1.54) is 42.7 Å². The zero-order valence-corrected chi connectivity index (χ0v) is 18.5. The van der Waals surface area contributed by atoms with Gasteiger partial charge in [0.05, 0.1) is 17.7 Å². The first-order chi connectivity index (χ1) is 13.7. The maximum absolute atomic E-state index is 13.0. The van der Waals surface area contributed by atoms with E-state index < -0.39 is 10.0 Å². The fourth-order valence-electron chi connectivity index (χ4n) is 2.92. The Labute approximate surface area is 173 Å². The zero-order chi connectivity index (χ0) is 21.6. The van der Waals surface area contributed by atoms with Crippen LogP contribution in [-0.2, 0) is 10.0 Å². The predicted octanol–water partition coefficient (Wildman–Crippen LogP) is 4.07. The molecule has 0 aliphatic carbocycles. The third-order valence-corrected chi connectivity index (χ3v) is 6.54. The molecule has 0 heterocycles. The SMILES string of the molecule is COc1ccccc1N(C)S(=O)(=O)c1ccc(C(=O)N[C@@H](C)CCC(C)C)cc1. The molecule has 0 fully saturated rings. The van der Waals surface area contributed by atoms with Crippen LogP contribution in [0.25, 0.3) is 0 Å². The van der Waals surface area contributed by atoms with Gasteiger partial charge in [0, 0.05) is 18.7 Å². The van der Waals surface area contributed by atoms with E-state index >= 15 is 0 Å². The van der Waals surface area contributed by atoms with Gasteiger partial charge in [-0.05, 0) is 62.1 Å². The van der Waals surface area contributed by atoms with Crippen LogP contribution in [-0.4, -0.2) is 34.5 Å². The maximum Gasteiger partial charge on any atom is 0.264 e. The number of para-hydroxylation sites is 2. The highest BCUT2D eigenvalue weighted by molar-refractivity contribution is 7.92. The van der Waals surface area contributed by atoms with E-state index in [0.717, 1.165) is 12.8 Å². The number of nitrogens with one attached hydrogen (secondary N) is 1. The van der Waals surface area contributed by atoms with Crippen LogP contribution in [0, 0.1) is 5.92 Å². The van der Waals surface area contributed by atoms with Crippen LogP contribution in [0.1, 0.15) is 44.0 Å². The molecule has 6 nitrogen and oxygen atoms in total. The first kappa shape index (κ1) is 22.7. The number of carbonyl (C=O) groups is 1. The number of carbonyl (C=O) groups excluding carboxylic acids is 1. The molecule has 7 heteroatoms. The van der Waals surface area contributed by atoms with Gasteiger partial charge in [0.2, 0.25) is 0 Å². The molecule has 1 atom stereocenters. The summed E-state index contributed by atoms with van der Waals surface area (Å²) in [6, 6.07) is 12.9. The lowest BCUT2D eigenvalue weighted by molar-refractivity contribution is 0.0937. The lowest BCUT2D eigenvalue weighted by Crippen LogP contribution is -2.32. The minimum absolute atomic E-state index is 0.0602. The molecule has 0 bridgehead atoms. The van der Waals surface area contributed by atoms with Crippen molar-refractivity contribution in [1.82, 2.24) is 5.32 Å². The van der Waals surface area contributed by atoms with E-state index in [0.29, 0.717) is 22.9 Å². The summed E-state index contributed by atoms with van der Waals surface area (Å²) in [5, 5.41) is 2.96. The molecule has 158 valence electrons. The molecule has 0 saturated carbocycles. The molecule has 0 aliphatic rings. The van der Waals surface area contributed by atoms with Gasteiger partial charge in [0.1, 0.15) is 5.75 Å². The predicted molar refractivity (Wildman–Crippen MR) is 116 cm³/mol. The number of anilines is 1. The average molecular weight is 419 g/mol. The number of sulfonamides is 1. The van der Waals surface area contributed by atoms with Crippen LogP contribution < -0.4 is 14.4 Å². The highest BCUT2D eigenvalue weighted by atomic mass is 32.2. The lowest BCUT2D eigenvalue weighted by Gasteiger charge is -2.21. The van der Waals surface area contributed by atoms with Crippen molar-refractivity contribution in [2.75, 3.05) is 18.5 Å². The third kappa shape index (κ3) is 5.73. The van der Waals surface area contributed by atoms with E-state index in [1.54, 1.807) is 24.3 Å². The number of benzene rings is 2. The van der Waals surface area contributed by atoms with Gasteiger partial charge in [0.15, 0.2) is 0 Å². The van der Waals surface area contributed by atoms with Gasteiger partial charge >= 0.3 is 0 Å². The number of nitrogens with zero attached hydrogens (tertiary/aromatic N) is 1. The molecule has 2 rings (SSSR count). The Balaban J connectivity index is 2.15. The molecule has 0 spiro atoms. The van der Waals surface area contributed by atoms with Gasteiger partial charge < -0.3 is 10.1 Å². The first-order valence-electron chi connectivity index (χ1n) is 9.69. The highest BCUT2D eigenvalue weighted by Crippen LogP contribution is 2.30. The molecule has 0 radical (unpaired) electrons. The summed E-state index contributed by atoms with van der Waals surface area (Å²) in [7, 11) is -0.815. The van der Waals surface area contributed by atoms with E-state index in [9.17, 15) is 13.2 Å². The van der Waals surface area contributed by atoms with Crippen molar-refractivity contribution in [3.63, 3.8) is 0 Å². The van der Waals surface area contributed by atoms with E-state index in [1.807, 2.05) is 6.92 Å². The summed E-state index contributed by atoms with van der Waals surface area (Å²) in [5.41, 5.74) is 0.871. The van der Waals surface area contributed by atoms with Gasteiger partial charge in [-0.25, -0.2) is 8.42 Å². The van der Waals surface area contributed by atoms with Crippen LogP contribution in [0.15, 0.2) is 53.4 Å². The molecule has 0 aromatic heterocycles. The number of methoxy groups -OCH3 is 1. The van der Waals surface area contributed by atoms with Crippen molar-refractivity contribution < 1.29 is 17.9 Å². The molecule has 0 unspecified atom stereocenters. The molecule has 2 aromatic rings. The Morgan fingerprint density at radius 3 is 2.24 bits per heavy atom. The smallest absolute Gasteiger partial charge is 0.264 e. The first-order valence-corrected chi connectivity index (χ1v) is 11.1. The van der Waals surface area contributed by atoms with Crippen LogP contribution in [0.3, 0.4) is 0 Å². The van der Waals surface area contributed by atoms with Crippen LogP contribution in [0.4, 0.5) is 5.69 Å². The Kier molecular flexibility index (Phi) is 7.67. The monoisotopic (exact) mass is 418 g/mol. The Morgan fingerprint density at radius 1 is 1.03 bits per heavy atom. The van der Waals surface area contributed by atoms with Crippen LogP contribution in [0.2, 0.25) is 0 Å². The van der Waals surface area contributed by atoms with Crippen molar-refractivity contribution >= 4 is 21.6 Å². The molecular weight excluding hydrogens is 388 g/mol. The van der Waals surface area contributed by atoms with E-state index in [-0.39, 0.29) is 16.8 Å². The molecule has 29 heavy (non-hydrogen) atoms. The van der Waals surface area contributed by atoms with Gasteiger partial charge in [-0.2, -0.15) is 0 Å². The maximum atomic E-state index is 13.0. The molecule has 2 aromatic carbocycles. The summed E-state index contributed by atoms with van der Waals surface area (Å²) in [6.07, 6.45) is 1.94. The lowest BCUT2D eigenvalue weighted by atomic mass is 10.0. The number of hydrogen-bond acceptors (Lipinski definition) is 4. The molecule has 0 aliphatic heterocycles. The molecule has 0 saturated heterocycles. The Hall–Kier alpha value is -2.54. The van der Waals surface area contributed by atoms with Gasteiger partial charge in [-0.1, -0.05) is 26.0 Å². The number of hydrogen-bond donors (Lipinski definition) is 1. The second-order valence-corrected chi connectivity index (χ2v) is 9.48. The number of rotatable bonds is 9. The summed E-state index contributed by atoms with van der Waals surface area (Å²) >= 11 is 0. The minimum Gasteiger partial charge on any atom is -0.495 e. The second kappa shape index (κ2) is 9.78. The second-order valence-electron chi connectivity index (χ2n) is 7.51. The summed E-state index contributed by atoms with van der Waals surface area (Å²) in [4.78, 5) is 12.5. The van der Waals surface area contributed by atoms with Crippen LogP contribution >= 0.6 is 0 Å². The Morgan fingerprint density at radius 2 is 1.66 bits per heavy atom. The van der Waals surface area contributed by atoms with Crippen LogP contribution in [0.5, 0.6) is 5.75 Å². The van der Waals surface area contributed by atoms with Gasteiger partial charge in [-0.3, -0.25) is 9.10 Å². The van der Waals surface area contributed by atoms with Crippen molar-refractivity contribution in [3.8, 4) is 5.75 Å². The minimum atomic E-state index is -3.79. The van der Waals surface area contributed by atoms with Crippen molar-refractivity contribution in [2.45, 2.75) is 44.6 Å². The third-order valence-electron chi connectivity index (χ3n) is 4.75. The fraction of sp³-hybridized carbons (Fsp3) is 0.409. The zero-order valence-electron chi connectivity index (χ0n) is 17.7. The van der Waals surface area contributed by atoms with Crippen molar-refractivity contribution in [1.29, 1.82) is 0 Å². The summed E-state index contributed by atoms with van der Waals surface area (Å²) < 4.78 is 32.4. The number of ether oxygens (including phenoxy) is 1. The van der Waals surface area contributed by atoms with Gasteiger partial charge in [-0.15, -0.1) is 0 Å². The molecular formula is C22H30N2O4S. The standard InChI is InChI=1S/C22H30N2O4S/c1-16(2)10-11-17(3)23-22(25)18-12-14-19(15-13-18)29(26,27)24(4)20-8-6-7-9-21(20)28-5/h6-9,12-17H,10-11H2,1-5H3,(H,23,25)/t17-/m0/s1. The van der Waals surface area contributed by atoms with E-state index in [4.69, 9.17) is 4.74 Å². The quantitative estimate of drug-likeness (QED) is 0.666. The van der Waals surface area contributed by atoms with E-state index in [2.05, 4.69) is 19.2 Å². The fourth-order valence-corrected chi connectivity index (χ4v) is 4.12.